The highest BCUT2D eigenvalue weighted by Crippen LogP contribution is 2.20. The van der Waals surface area contributed by atoms with Crippen LogP contribution in [0, 0.1) is 0 Å². The Morgan fingerprint density at radius 3 is 2.85 bits per heavy atom. The Morgan fingerprint density at radius 2 is 2.31 bits per heavy atom. The molecular formula is C8H9BrN2O2. The fraction of sp³-hybridized carbons (Fsp3) is 0.125. The van der Waals surface area contributed by atoms with Crippen molar-refractivity contribution in [3.05, 3.63) is 28.2 Å². The zero-order valence-electron chi connectivity index (χ0n) is 6.75. The normalized spacial score (nSPS) is 9.69. The van der Waals surface area contributed by atoms with Gasteiger partial charge in [-0.05, 0) is 23.8 Å². The first-order valence-corrected chi connectivity index (χ1v) is 4.39. The molecule has 70 valence electrons. The van der Waals surface area contributed by atoms with E-state index in [1.165, 1.54) is 0 Å². The van der Waals surface area contributed by atoms with Gasteiger partial charge in [-0.1, -0.05) is 15.9 Å². The molecule has 0 radical (unpaired) electrons. The lowest BCUT2D eigenvalue weighted by Crippen LogP contribution is -2.11. The molecule has 0 aliphatic heterocycles. The summed E-state index contributed by atoms with van der Waals surface area (Å²) in [6.45, 7) is 0. The Labute approximate surface area is 83.8 Å². The van der Waals surface area contributed by atoms with Crippen molar-refractivity contribution >= 4 is 27.6 Å². The minimum atomic E-state index is -0.880. The molecule has 0 bridgehead atoms. The van der Waals surface area contributed by atoms with E-state index in [1.54, 1.807) is 18.2 Å². The fourth-order valence-corrected chi connectivity index (χ4v) is 1.42. The summed E-state index contributed by atoms with van der Waals surface area (Å²) in [6, 6.07) is 5.24. The number of hydrogen-bond donors (Lipinski definition) is 3. The Kier molecular flexibility index (Phi) is 3.27. The van der Waals surface area contributed by atoms with Crippen LogP contribution in [0.25, 0.3) is 0 Å². The summed E-state index contributed by atoms with van der Waals surface area (Å²) in [4.78, 5) is 10.5. The molecule has 0 saturated carbocycles. The van der Waals surface area contributed by atoms with Gasteiger partial charge in [-0.25, -0.2) is 0 Å². The minimum Gasteiger partial charge on any atom is -0.481 e. The monoisotopic (exact) mass is 244 g/mol. The molecule has 13 heavy (non-hydrogen) atoms. The standard InChI is InChI=1S/C8H9BrN2O2/c9-6-1-2-7(11-10)5(3-6)4-8(12)13/h1-3,11H,4,10H2,(H,12,13). The second-order valence-corrected chi connectivity index (χ2v) is 3.43. The summed E-state index contributed by atoms with van der Waals surface area (Å²) < 4.78 is 0.836. The van der Waals surface area contributed by atoms with Crippen LogP contribution in [0.3, 0.4) is 0 Å². The Bertz CT molecular complexity index is 328. The van der Waals surface area contributed by atoms with Crippen LogP contribution in [-0.2, 0) is 11.2 Å². The smallest absolute Gasteiger partial charge is 0.307 e. The molecule has 0 spiro atoms. The van der Waals surface area contributed by atoms with Crippen LogP contribution in [0.4, 0.5) is 5.69 Å². The number of halogens is 1. The third-order valence-electron chi connectivity index (χ3n) is 1.56. The molecule has 0 aliphatic carbocycles. The van der Waals surface area contributed by atoms with Gasteiger partial charge in [0, 0.05) is 4.47 Å². The van der Waals surface area contributed by atoms with E-state index < -0.39 is 5.97 Å². The topological polar surface area (TPSA) is 75.3 Å². The number of nitrogen functional groups attached to an aromatic ring is 1. The van der Waals surface area contributed by atoms with Crippen molar-refractivity contribution in [2.45, 2.75) is 6.42 Å². The highest BCUT2D eigenvalue weighted by atomic mass is 79.9. The molecule has 0 heterocycles. The quantitative estimate of drug-likeness (QED) is 0.555. The largest absolute Gasteiger partial charge is 0.481 e. The van der Waals surface area contributed by atoms with E-state index in [1.807, 2.05) is 0 Å². The molecule has 1 aromatic carbocycles. The SMILES string of the molecule is NNc1ccc(Br)cc1CC(=O)O. The molecule has 1 aromatic rings. The highest BCUT2D eigenvalue weighted by molar-refractivity contribution is 9.10. The van der Waals surface area contributed by atoms with Crippen molar-refractivity contribution in [2.75, 3.05) is 5.43 Å². The zero-order valence-corrected chi connectivity index (χ0v) is 8.34. The predicted octanol–water partition coefficient (Wildman–Crippen LogP) is 1.36. The summed E-state index contributed by atoms with van der Waals surface area (Å²) in [5, 5.41) is 8.59. The van der Waals surface area contributed by atoms with E-state index in [0.717, 1.165) is 4.47 Å². The number of carbonyl (C=O) groups is 1. The van der Waals surface area contributed by atoms with E-state index in [4.69, 9.17) is 10.9 Å². The molecule has 0 saturated heterocycles. The summed E-state index contributed by atoms with van der Waals surface area (Å²) in [5.41, 5.74) is 3.73. The molecular weight excluding hydrogens is 236 g/mol. The van der Waals surface area contributed by atoms with Crippen LogP contribution in [-0.4, -0.2) is 11.1 Å². The number of nitrogens with one attached hydrogen (secondary N) is 1. The molecule has 0 fully saturated rings. The van der Waals surface area contributed by atoms with Gasteiger partial charge in [-0.3, -0.25) is 10.6 Å². The molecule has 0 amide bonds. The van der Waals surface area contributed by atoms with Gasteiger partial charge in [0.05, 0.1) is 12.1 Å². The molecule has 0 atom stereocenters. The maximum absolute atomic E-state index is 10.5. The van der Waals surface area contributed by atoms with Gasteiger partial charge in [0.2, 0.25) is 0 Å². The highest BCUT2D eigenvalue weighted by Gasteiger charge is 2.06. The van der Waals surface area contributed by atoms with Crippen molar-refractivity contribution in [2.24, 2.45) is 5.84 Å². The van der Waals surface area contributed by atoms with Crippen molar-refractivity contribution < 1.29 is 9.90 Å². The van der Waals surface area contributed by atoms with E-state index in [2.05, 4.69) is 21.4 Å². The number of carboxylic acids is 1. The second-order valence-electron chi connectivity index (χ2n) is 2.52. The average molecular weight is 245 g/mol. The number of hydrazine groups is 1. The Balaban J connectivity index is 3.01. The molecule has 1 rings (SSSR count). The van der Waals surface area contributed by atoms with Crippen molar-refractivity contribution in [1.82, 2.24) is 0 Å². The van der Waals surface area contributed by atoms with Crippen molar-refractivity contribution in [3.63, 3.8) is 0 Å². The van der Waals surface area contributed by atoms with Gasteiger partial charge >= 0.3 is 5.97 Å². The summed E-state index contributed by atoms with van der Waals surface area (Å²) in [7, 11) is 0. The van der Waals surface area contributed by atoms with Crippen molar-refractivity contribution in [1.29, 1.82) is 0 Å². The van der Waals surface area contributed by atoms with Crippen LogP contribution < -0.4 is 11.3 Å². The van der Waals surface area contributed by atoms with Gasteiger partial charge < -0.3 is 10.5 Å². The lowest BCUT2D eigenvalue weighted by Gasteiger charge is -2.06. The summed E-state index contributed by atoms with van der Waals surface area (Å²) in [5.74, 6) is 4.34. The van der Waals surface area contributed by atoms with Crippen LogP contribution in [0.2, 0.25) is 0 Å². The van der Waals surface area contributed by atoms with E-state index >= 15 is 0 Å². The van der Waals surface area contributed by atoms with E-state index in [-0.39, 0.29) is 6.42 Å². The predicted molar refractivity (Wildman–Crippen MR) is 53.3 cm³/mol. The average Bonchev–Trinajstić information content (AvgIpc) is 2.03. The van der Waals surface area contributed by atoms with Crippen LogP contribution in [0.5, 0.6) is 0 Å². The first-order chi connectivity index (χ1) is 6.13. The molecule has 4 nitrogen and oxygen atoms in total. The Hall–Kier alpha value is -1.07. The van der Waals surface area contributed by atoms with Crippen molar-refractivity contribution in [3.8, 4) is 0 Å². The van der Waals surface area contributed by atoms with Gasteiger partial charge in [0.1, 0.15) is 0 Å². The number of aliphatic carboxylic acids is 1. The number of nitrogens with two attached hydrogens (primary N) is 1. The molecule has 0 unspecified atom stereocenters. The van der Waals surface area contributed by atoms with Gasteiger partial charge in [-0.15, -0.1) is 0 Å². The first-order valence-electron chi connectivity index (χ1n) is 3.60. The number of rotatable bonds is 3. The Morgan fingerprint density at radius 1 is 1.62 bits per heavy atom. The van der Waals surface area contributed by atoms with E-state index in [0.29, 0.717) is 11.3 Å². The first kappa shape index (κ1) is 10.0. The minimum absolute atomic E-state index is 0.0427. The lowest BCUT2D eigenvalue weighted by molar-refractivity contribution is -0.136. The fourth-order valence-electron chi connectivity index (χ4n) is 1.01. The second kappa shape index (κ2) is 4.25. The number of hydrogen-bond acceptors (Lipinski definition) is 3. The number of anilines is 1. The molecule has 0 aliphatic rings. The molecule has 5 heteroatoms. The third-order valence-corrected chi connectivity index (χ3v) is 2.06. The van der Waals surface area contributed by atoms with Gasteiger partial charge in [0.25, 0.3) is 0 Å². The maximum Gasteiger partial charge on any atom is 0.307 e. The number of benzene rings is 1. The number of carboxylic acid groups (broad SMARTS) is 1. The summed E-state index contributed by atoms with van der Waals surface area (Å²) >= 11 is 3.25. The lowest BCUT2D eigenvalue weighted by atomic mass is 10.1. The van der Waals surface area contributed by atoms with Crippen LogP contribution in [0.1, 0.15) is 5.56 Å². The summed E-state index contributed by atoms with van der Waals surface area (Å²) in [6.07, 6.45) is -0.0427. The molecule has 4 N–H and O–H groups in total. The zero-order chi connectivity index (χ0) is 9.84. The van der Waals surface area contributed by atoms with Crippen LogP contribution in [0.15, 0.2) is 22.7 Å². The van der Waals surface area contributed by atoms with E-state index in [9.17, 15) is 4.79 Å². The third kappa shape index (κ3) is 2.71. The molecule has 0 aromatic heterocycles. The maximum atomic E-state index is 10.5. The van der Waals surface area contributed by atoms with Crippen LogP contribution >= 0.6 is 15.9 Å². The van der Waals surface area contributed by atoms with Gasteiger partial charge in [-0.2, -0.15) is 0 Å². The van der Waals surface area contributed by atoms with Gasteiger partial charge in [0.15, 0.2) is 0 Å².